The van der Waals surface area contributed by atoms with E-state index in [1.165, 1.54) is 4.90 Å². The Morgan fingerprint density at radius 3 is 2.19 bits per heavy atom. The van der Waals surface area contributed by atoms with E-state index in [0.717, 1.165) is 19.3 Å². The number of ether oxygens (including phenoxy) is 1. The van der Waals surface area contributed by atoms with Crippen LogP contribution in [0, 0.1) is 5.92 Å². The maximum Gasteiger partial charge on any atom is 0.408 e. The minimum atomic E-state index is -0.820. The molecule has 174 valence electrons. The number of hydrogen-bond donors (Lipinski definition) is 2. The van der Waals surface area contributed by atoms with Crippen LogP contribution in [-0.4, -0.2) is 48.0 Å². The molecule has 0 fully saturated rings. The number of nitrogens with zero attached hydrogens (tertiary/aromatic N) is 1. The molecule has 2 atom stereocenters. The molecule has 0 saturated carbocycles. The molecule has 0 aliphatic heterocycles. The van der Waals surface area contributed by atoms with Crippen molar-refractivity contribution in [3.05, 3.63) is 35.9 Å². The van der Waals surface area contributed by atoms with Gasteiger partial charge in [0.2, 0.25) is 11.8 Å². The fourth-order valence-electron chi connectivity index (χ4n) is 3.16. The normalized spacial score (nSPS) is 13.3. The first kappa shape index (κ1) is 26.5. The molecule has 2 N–H and O–H groups in total. The lowest BCUT2D eigenvalue weighted by Crippen LogP contribution is -2.53. The molecule has 0 saturated heterocycles. The Morgan fingerprint density at radius 2 is 1.68 bits per heavy atom. The molecule has 31 heavy (non-hydrogen) atoms. The quantitative estimate of drug-likeness (QED) is 0.545. The molecule has 7 heteroatoms. The Bertz CT molecular complexity index is 713. The van der Waals surface area contributed by atoms with Gasteiger partial charge in [0.25, 0.3) is 0 Å². The minimum absolute atomic E-state index is 0.188. The van der Waals surface area contributed by atoms with Gasteiger partial charge in [-0.15, -0.1) is 0 Å². The molecule has 1 aromatic rings. The van der Waals surface area contributed by atoms with Crippen molar-refractivity contribution < 1.29 is 19.1 Å². The van der Waals surface area contributed by atoms with Gasteiger partial charge in [-0.3, -0.25) is 9.59 Å². The Morgan fingerprint density at radius 1 is 1.06 bits per heavy atom. The lowest BCUT2D eigenvalue weighted by molar-refractivity contribution is -0.141. The third kappa shape index (κ3) is 8.99. The number of nitrogens with one attached hydrogen (secondary N) is 2. The summed E-state index contributed by atoms with van der Waals surface area (Å²) in [7, 11) is 1.60. The fraction of sp³-hybridized carbons (Fsp3) is 0.625. The van der Waals surface area contributed by atoms with Crippen LogP contribution in [0.2, 0.25) is 0 Å². The standard InChI is InChI=1S/C24H39N3O4/c1-8-9-13-16-25-21(28)20(18-14-11-10-12-15-18)27(7)22(29)19(17(2)3)26-23(30)31-24(4,5)6/h10-12,14-15,17,19-20H,8-9,13,16H2,1-7H3,(H,25,28)(H,26,30). The monoisotopic (exact) mass is 433 g/mol. The lowest BCUT2D eigenvalue weighted by atomic mass is 9.99. The van der Waals surface area contributed by atoms with E-state index < -0.39 is 23.8 Å². The van der Waals surface area contributed by atoms with E-state index in [9.17, 15) is 14.4 Å². The average molecular weight is 434 g/mol. The zero-order valence-corrected chi connectivity index (χ0v) is 20.0. The van der Waals surface area contributed by atoms with Gasteiger partial charge in [-0.2, -0.15) is 0 Å². The van der Waals surface area contributed by atoms with Crippen molar-refractivity contribution in [2.45, 2.75) is 78.5 Å². The predicted octanol–water partition coefficient (Wildman–Crippen LogP) is 4.04. The van der Waals surface area contributed by atoms with Gasteiger partial charge in [0.1, 0.15) is 17.7 Å². The van der Waals surface area contributed by atoms with Crippen molar-refractivity contribution >= 4 is 17.9 Å². The van der Waals surface area contributed by atoms with Gasteiger partial charge in [0.15, 0.2) is 0 Å². The molecule has 0 aromatic heterocycles. The molecule has 1 aromatic carbocycles. The second kappa shape index (κ2) is 12.3. The number of carbonyl (C=O) groups is 3. The number of benzene rings is 1. The molecule has 2 unspecified atom stereocenters. The van der Waals surface area contributed by atoms with Crippen LogP contribution in [-0.2, 0) is 14.3 Å². The van der Waals surface area contributed by atoms with Crippen molar-refractivity contribution in [3.63, 3.8) is 0 Å². The maximum atomic E-state index is 13.4. The molecule has 0 heterocycles. The highest BCUT2D eigenvalue weighted by molar-refractivity contribution is 5.92. The second-order valence-corrected chi connectivity index (χ2v) is 9.13. The van der Waals surface area contributed by atoms with Crippen molar-refractivity contribution in [1.29, 1.82) is 0 Å². The molecule has 3 amide bonds. The van der Waals surface area contributed by atoms with E-state index in [1.807, 2.05) is 44.2 Å². The zero-order valence-electron chi connectivity index (χ0n) is 20.0. The molecule has 0 bridgehead atoms. The van der Waals surface area contributed by atoms with Gasteiger partial charge in [0.05, 0.1) is 0 Å². The van der Waals surface area contributed by atoms with Crippen LogP contribution in [0.3, 0.4) is 0 Å². The molecular weight excluding hydrogens is 394 g/mol. The van der Waals surface area contributed by atoms with Gasteiger partial charge in [-0.1, -0.05) is 63.9 Å². The van der Waals surface area contributed by atoms with Crippen LogP contribution in [0.25, 0.3) is 0 Å². The number of likely N-dealkylation sites (N-methyl/N-ethyl adjacent to an activating group) is 1. The number of alkyl carbamates (subject to hydrolysis) is 1. The van der Waals surface area contributed by atoms with E-state index >= 15 is 0 Å². The van der Waals surface area contributed by atoms with Crippen molar-refractivity contribution in [3.8, 4) is 0 Å². The van der Waals surface area contributed by atoms with Crippen LogP contribution in [0.1, 0.15) is 72.4 Å². The van der Waals surface area contributed by atoms with Crippen LogP contribution in [0.4, 0.5) is 4.79 Å². The topological polar surface area (TPSA) is 87.7 Å². The molecule has 0 spiro atoms. The van der Waals surface area contributed by atoms with E-state index in [1.54, 1.807) is 27.8 Å². The summed E-state index contributed by atoms with van der Waals surface area (Å²) in [6, 6.07) is 7.57. The number of amides is 3. The summed E-state index contributed by atoms with van der Waals surface area (Å²) in [6.45, 7) is 11.6. The SMILES string of the molecule is CCCCCNC(=O)C(c1ccccc1)N(C)C(=O)C(NC(=O)OC(C)(C)C)C(C)C. The van der Waals surface area contributed by atoms with E-state index in [4.69, 9.17) is 4.74 Å². The average Bonchev–Trinajstić information content (AvgIpc) is 2.68. The highest BCUT2D eigenvalue weighted by atomic mass is 16.6. The summed E-state index contributed by atoms with van der Waals surface area (Å²) in [6.07, 6.45) is 2.31. The van der Waals surface area contributed by atoms with Gasteiger partial charge >= 0.3 is 6.09 Å². The summed E-state index contributed by atoms with van der Waals surface area (Å²) in [5, 5.41) is 5.62. The third-order valence-electron chi connectivity index (χ3n) is 4.78. The highest BCUT2D eigenvalue weighted by Crippen LogP contribution is 2.22. The summed E-state index contributed by atoms with van der Waals surface area (Å²) in [4.78, 5) is 40.1. The van der Waals surface area contributed by atoms with Crippen LogP contribution < -0.4 is 10.6 Å². The second-order valence-electron chi connectivity index (χ2n) is 9.13. The number of carbonyl (C=O) groups excluding carboxylic acids is 3. The number of hydrogen-bond acceptors (Lipinski definition) is 4. The van der Waals surface area contributed by atoms with E-state index in [-0.39, 0.29) is 17.7 Å². The Hall–Kier alpha value is -2.57. The summed E-state index contributed by atoms with van der Waals surface area (Å²) in [5.74, 6) is -0.775. The first-order valence-corrected chi connectivity index (χ1v) is 11.1. The minimum Gasteiger partial charge on any atom is -0.444 e. The van der Waals surface area contributed by atoms with Gasteiger partial charge < -0.3 is 20.3 Å². The largest absolute Gasteiger partial charge is 0.444 e. The Labute approximate surface area is 186 Å². The molecule has 0 aliphatic rings. The highest BCUT2D eigenvalue weighted by Gasteiger charge is 2.35. The zero-order chi connectivity index (χ0) is 23.6. The third-order valence-corrected chi connectivity index (χ3v) is 4.78. The van der Waals surface area contributed by atoms with E-state index in [2.05, 4.69) is 17.6 Å². The first-order valence-electron chi connectivity index (χ1n) is 11.1. The van der Waals surface area contributed by atoms with Crippen LogP contribution >= 0.6 is 0 Å². The van der Waals surface area contributed by atoms with Crippen LogP contribution in [0.5, 0.6) is 0 Å². The van der Waals surface area contributed by atoms with E-state index in [0.29, 0.717) is 12.1 Å². The molecule has 1 rings (SSSR count). The van der Waals surface area contributed by atoms with Gasteiger partial charge in [-0.25, -0.2) is 4.79 Å². The Balaban J connectivity index is 3.06. The lowest BCUT2D eigenvalue weighted by Gasteiger charge is -2.33. The Kier molecular flexibility index (Phi) is 10.5. The summed E-state index contributed by atoms with van der Waals surface area (Å²) >= 11 is 0. The van der Waals surface area contributed by atoms with Crippen molar-refractivity contribution in [2.75, 3.05) is 13.6 Å². The predicted molar refractivity (Wildman–Crippen MR) is 122 cm³/mol. The molecule has 0 aliphatic carbocycles. The summed E-state index contributed by atoms with van der Waals surface area (Å²) in [5.41, 5.74) is 0.0389. The van der Waals surface area contributed by atoms with Gasteiger partial charge in [-0.05, 0) is 38.7 Å². The van der Waals surface area contributed by atoms with Crippen molar-refractivity contribution in [1.82, 2.24) is 15.5 Å². The smallest absolute Gasteiger partial charge is 0.408 e. The molecule has 7 nitrogen and oxygen atoms in total. The van der Waals surface area contributed by atoms with Gasteiger partial charge in [0, 0.05) is 13.6 Å². The molecular formula is C24H39N3O4. The first-order chi connectivity index (χ1) is 14.5. The fourth-order valence-corrected chi connectivity index (χ4v) is 3.16. The van der Waals surface area contributed by atoms with Crippen molar-refractivity contribution in [2.24, 2.45) is 5.92 Å². The maximum absolute atomic E-state index is 13.4. The van der Waals surface area contributed by atoms with Crippen LogP contribution in [0.15, 0.2) is 30.3 Å². The number of rotatable bonds is 10. The summed E-state index contributed by atoms with van der Waals surface area (Å²) < 4.78 is 5.32. The number of unbranched alkanes of at least 4 members (excludes halogenated alkanes) is 2. The molecule has 0 radical (unpaired) electrons.